The highest BCUT2D eigenvalue weighted by Crippen LogP contribution is 2.26. The molecule has 1 aliphatic rings. The molecule has 1 aromatic carbocycles. The molecule has 6 heteroatoms. The molecule has 142 valence electrons. The van der Waals surface area contributed by atoms with Crippen molar-refractivity contribution in [1.29, 1.82) is 0 Å². The molecule has 1 fully saturated rings. The predicted octanol–water partition coefficient (Wildman–Crippen LogP) is 2.19. The van der Waals surface area contributed by atoms with Gasteiger partial charge in [-0.05, 0) is 30.0 Å². The minimum atomic E-state index is -0.497. The summed E-state index contributed by atoms with van der Waals surface area (Å²) in [5, 5.41) is 6.29. The molecule has 0 saturated carbocycles. The first-order chi connectivity index (χ1) is 11.4. The van der Waals surface area contributed by atoms with Crippen LogP contribution in [0, 0.1) is 0 Å². The third-order valence-electron chi connectivity index (χ3n) is 4.32. The van der Waals surface area contributed by atoms with Crippen LogP contribution in [-0.2, 0) is 10.2 Å². The van der Waals surface area contributed by atoms with Crippen LogP contribution in [0.25, 0.3) is 0 Å². The maximum atomic E-state index is 12.2. The van der Waals surface area contributed by atoms with Gasteiger partial charge in [-0.2, -0.15) is 0 Å². The van der Waals surface area contributed by atoms with Gasteiger partial charge in [-0.3, -0.25) is 9.69 Å². The Morgan fingerprint density at radius 2 is 2.00 bits per heavy atom. The molecule has 0 radical (unpaired) electrons. The van der Waals surface area contributed by atoms with Gasteiger partial charge in [0.15, 0.2) is 6.10 Å². The summed E-state index contributed by atoms with van der Waals surface area (Å²) in [5.41, 5.74) is 1.26. The summed E-state index contributed by atoms with van der Waals surface area (Å²) in [5.74, 6) is 0.679. The van der Waals surface area contributed by atoms with Crippen molar-refractivity contribution in [2.45, 2.75) is 39.2 Å². The molecule has 25 heavy (non-hydrogen) atoms. The molecule has 1 unspecified atom stereocenters. The Morgan fingerprint density at radius 3 is 2.64 bits per heavy atom. The molecule has 1 atom stereocenters. The van der Waals surface area contributed by atoms with Crippen molar-refractivity contribution in [2.75, 3.05) is 39.3 Å². The molecular formula is C19H32ClN3O2. The van der Waals surface area contributed by atoms with Gasteiger partial charge in [-0.15, -0.1) is 12.4 Å². The lowest BCUT2D eigenvalue weighted by molar-refractivity contribution is -0.127. The highest BCUT2D eigenvalue weighted by atomic mass is 35.5. The highest BCUT2D eigenvalue weighted by molar-refractivity contribution is 5.85. The van der Waals surface area contributed by atoms with Gasteiger partial charge in [0.05, 0.1) is 0 Å². The van der Waals surface area contributed by atoms with E-state index in [-0.39, 0.29) is 23.7 Å². The molecule has 1 amide bonds. The molecular weight excluding hydrogens is 338 g/mol. The summed E-state index contributed by atoms with van der Waals surface area (Å²) in [6.45, 7) is 14.0. The molecule has 1 aromatic rings. The Balaban J connectivity index is 0.00000312. The first-order valence-corrected chi connectivity index (χ1v) is 8.84. The average Bonchev–Trinajstić information content (AvgIpc) is 2.55. The SMILES string of the molecule is CC(Oc1cccc(C(C)(C)C)c1)C(=O)NCCN1CCNCC1.Cl. The minimum Gasteiger partial charge on any atom is -0.481 e. The second-order valence-electron chi connectivity index (χ2n) is 7.42. The molecule has 0 aromatic heterocycles. The van der Waals surface area contributed by atoms with Crippen LogP contribution in [-0.4, -0.2) is 56.2 Å². The Morgan fingerprint density at radius 1 is 1.32 bits per heavy atom. The Labute approximate surface area is 157 Å². The lowest BCUT2D eigenvalue weighted by Crippen LogP contribution is -2.47. The molecule has 0 spiro atoms. The summed E-state index contributed by atoms with van der Waals surface area (Å²) >= 11 is 0. The van der Waals surface area contributed by atoms with Crippen LogP contribution < -0.4 is 15.4 Å². The van der Waals surface area contributed by atoms with Crippen LogP contribution >= 0.6 is 12.4 Å². The number of rotatable bonds is 6. The van der Waals surface area contributed by atoms with E-state index < -0.39 is 6.10 Å². The van der Waals surface area contributed by atoms with Gasteiger partial charge in [-0.1, -0.05) is 32.9 Å². The number of amides is 1. The second kappa shape index (κ2) is 10.00. The van der Waals surface area contributed by atoms with E-state index >= 15 is 0 Å². The second-order valence-corrected chi connectivity index (χ2v) is 7.42. The lowest BCUT2D eigenvalue weighted by Gasteiger charge is -2.27. The fourth-order valence-electron chi connectivity index (χ4n) is 2.71. The first kappa shape index (κ1) is 21.7. The predicted molar refractivity (Wildman–Crippen MR) is 105 cm³/mol. The van der Waals surface area contributed by atoms with Gasteiger partial charge in [0.2, 0.25) is 0 Å². The molecule has 5 nitrogen and oxygen atoms in total. The van der Waals surface area contributed by atoms with Crippen molar-refractivity contribution < 1.29 is 9.53 Å². The number of piperazine rings is 1. The zero-order valence-electron chi connectivity index (χ0n) is 15.8. The maximum Gasteiger partial charge on any atom is 0.260 e. The minimum absolute atomic E-state index is 0. The Bertz CT molecular complexity index is 540. The molecule has 1 aliphatic heterocycles. The summed E-state index contributed by atoms with van der Waals surface area (Å²) < 4.78 is 5.82. The van der Waals surface area contributed by atoms with Crippen molar-refractivity contribution in [3.8, 4) is 5.75 Å². The van der Waals surface area contributed by atoms with E-state index in [1.165, 1.54) is 5.56 Å². The number of halogens is 1. The number of benzene rings is 1. The summed E-state index contributed by atoms with van der Waals surface area (Å²) in [4.78, 5) is 14.6. The summed E-state index contributed by atoms with van der Waals surface area (Å²) in [7, 11) is 0. The molecule has 1 heterocycles. The Kier molecular flexibility index (Phi) is 8.69. The smallest absolute Gasteiger partial charge is 0.260 e. The van der Waals surface area contributed by atoms with Gasteiger partial charge in [0, 0.05) is 39.3 Å². The Hall–Kier alpha value is -1.30. The molecule has 0 aliphatic carbocycles. The van der Waals surface area contributed by atoms with Crippen molar-refractivity contribution >= 4 is 18.3 Å². The molecule has 0 bridgehead atoms. The van der Waals surface area contributed by atoms with Crippen LogP contribution in [0.1, 0.15) is 33.3 Å². The monoisotopic (exact) mass is 369 g/mol. The van der Waals surface area contributed by atoms with Crippen molar-refractivity contribution in [3.63, 3.8) is 0 Å². The van der Waals surface area contributed by atoms with Gasteiger partial charge >= 0.3 is 0 Å². The lowest BCUT2D eigenvalue weighted by atomic mass is 9.87. The van der Waals surface area contributed by atoms with Gasteiger partial charge < -0.3 is 15.4 Å². The number of hydrogen-bond donors (Lipinski definition) is 2. The van der Waals surface area contributed by atoms with Gasteiger partial charge in [0.25, 0.3) is 5.91 Å². The van der Waals surface area contributed by atoms with Crippen LogP contribution in [0.4, 0.5) is 0 Å². The van der Waals surface area contributed by atoms with E-state index in [0.29, 0.717) is 6.54 Å². The van der Waals surface area contributed by atoms with Crippen LogP contribution in [0.2, 0.25) is 0 Å². The van der Waals surface area contributed by atoms with Gasteiger partial charge in [-0.25, -0.2) is 0 Å². The van der Waals surface area contributed by atoms with Gasteiger partial charge in [0.1, 0.15) is 5.75 Å². The van der Waals surface area contributed by atoms with Crippen molar-refractivity contribution in [1.82, 2.24) is 15.5 Å². The zero-order valence-corrected chi connectivity index (χ0v) is 16.6. The van der Waals surface area contributed by atoms with Crippen molar-refractivity contribution in [3.05, 3.63) is 29.8 Å². The number of hydrogen-bond acceptors (Lipinski definition) is 4. The largest absolute Gasteiger partial charge is 0.481 e. The maximum absolute atomic E-state index is 12.2. The van der Waals surface area contributed by atoms with E-state index in [9.17, 15) is 4.79 Å². The number of nitrogens with one attached hydrogen (secondary N) is 2. The third-order valence-corrected chi connectivity index (χ3v) is 4.32. The van der Waals surface area contributed by atoms with E-state index in [1.807, 2.05) is 18.2 Å². The van der Waals surface area contributed by atoms with E-state index in [4.69, 9.17) is 4.74 Å². The van der Waals surface area contributed by atoms with Crippen LogP contribution in [0.3, 0.4) is 0 Å². The number of carbonyl (C=O) groups is 1. The third kappa shape index (κ3) is 7.22. The van der Waals surface area contributed by atoms with Crippen LogP contribution in [0.15, 0.2) is 24.3 Å². The van der Waals surface area contributed by atoms with Crippen LogP contribution in [0.5, 0.6) is 5.75 Å². The fourth-order valence-corrected chi connectivity index (χ4v) is 2.71. The number of carbonyl (C=O) groups excluding carboxylic acids is 1. The van der Waals surface area contributed by atoms with E-state index in [0.717, 1.165) is 38.5 Å². The number of nitrogens with zero attached hydrogens (tertiary/aromatic N) is 1. The molecule has 1 saturated heterocycles. The molecule has 2 N–H and O–H groups in total. The zero-order chi connectivity index (χ0) is 17.6. The summed E-state index contributed by atoms with van der Waals surface area (Å²) in [6.07, 6.45) is -0.497. The highest BCUT2D eigenvalue weighted by Gasteiger charge is 2.18. The summed E-state index contributed by atoms with van der Waals surface area (Å²) in [6, 6.07) is 7.99. The number of ether oxygens (including phenoxy) is 1. The average molecular weight is 370 g/mol. The topological polar surface area (TPSA) is 53.6 Å². The standard InChI is InChI=1S/C19H31N3O2.ClH/c1-15(18(23)21-10-13-22-11-8-20-9-12-22)24-17-7-5-6-16(14-17)19(2,3)4;/h5-7,14-15,20H,8-13H2,1-4H3,(H,21,23);1H. The fraction of sp³-hybridized carbons (Fsp3) is 0.632. The molecule has 2 rings (SSSR count). The van der Waals surface area contributed by atoms with E-state index in [2.05, 4.69) is 42.4 Å². The quantitative estimate of drug-likeness (QED) is 0.807. The van der Waals surface area contributed by atoms with E-state index in [1.54, 1.807) is 6.92 Å². The van der Waals surface area contributed by atoms with Crippen molar-refractivity contribution in [2.24, 2.45) is 0 Å². The first-order valence-electron chi connectivity index (χ1n) is 8.84. The normalized spacial score (nSPS) is 16.6.